The Hall–Kier alpha value is -1.07. The standard InChI is InChI=1S/C9H9ClN2/c1-9(2,6-11)7-3-4-8(10)12-5-7/h3-5H,1-2H3. The maximum Gasteiger partial charge on any atom is 0.129 e. The molecule has 0 saturated carbocycles. The quantitative estimate of drug-likeness (QED) is 0.623. The minimum absolute atomic E-state index is 0.451. The highest BCUT2D eigenvalue weighted by Gasteiger charge is 2.19. The maximum atomic E-state index is 8.81. The minimum atomic E-state index is -0.489. The monoisotopic (exact) mass is 180 g/mol. The molecule has 0 N–H and O–H groups in total. The van der Waals surface area contributed by atoms with Gasteiger partial charge in [-0.05, 0) is 25.5 Å². The van der Waals surface area contributed by atoms with E-state index >= 15 is 0 Å². The molecular weight excluding hydrogens is 172 g/mol. The molecule has 0 aromatic carbocycles. The molecule has 0 fully saturated rings. The van der Waals surface area contributed by atoms with Crippen molar-refractivity contribution < 1.29 is 0 Å². The van der Waals surface area contributed by atoms with E-state index in [-0.39, 0.29) is 0 Å². The van der Waals surface area contributed by atoms with E-state index in [0.29, 0.717) is 5.15 Å². The Kier molecular flexibility index (Phi) is 2.35. The fourth-order valence-corrected chi connectivity index (χ4v) is 0.922. The summed E-state index contributed by atoms with van der Waals surface area (Å²) in [5.74, 6) is 0. The van der Waals surface area contributed by atoms with Crippen molar-refractivity contribution in [1.82, 2.24) is 4.98 Å². The molecule has 0 radical (unpaired) electrons. The molecule has 0 aliphatic heterocycles. The Morgan fingerprint density at radius 1 is 1.50 bits per heavy atom. The van der Waals surface area contributed by atoms with Gasteiger partial charge in [0.1, 0.15) is 5.15 Å². The average Bonchev–Trinajstić information content (AvgIpc) is 2.05. The highest BCUT2D eigenvalue weighted by molar-refractivity contribution is 6.29. The summed E-state index contributed by atoms with van der Waals surface area (Å²) in [6.07, 6.45) is 1.63. The number of hydrogen-bond donors (Lipinski definition) is 0. The van der Waals surface area contributed by atoms with Crippen LogP contribution in [0.3, 0.4) is 0 Å². The van der Waals surface area contributed by atoms with Crippen molar-refractivity contribution in [2.75, 3.05) is 0 Å². The van der Waals surface area contributed by atoms with E-state index in [4.69, 9.17) is 16.9 Å². The molecule has 1 aromatic rings. The van der Waals surface area contributed by atoms with Crippen LogP contribution in [0, 0.1) is 11.3 Å². The van der Waals surface area contributed by atoms with Crippen molar-refractivity contribution in [1.29, 1.82) is 5.26 Å². The lowest BCUT2D eigenvalue weighted by molar-refractivity contribution is 0.683. The van der Waals surface area contributed by atoms with Crippen LogP contribution in [0.1, 0.15) is 19.4 Å². The Morgan fingerprint density at radius 2 is 2.17 bits per heavy atom. The fraction of sp³-hybridized carbons (Fsp3) is 0.333. The van der Waals surface area contributed by atoms with E-state index in [9.17, 15) is 0 Å². The molecule has 0 bridgehead atoms. The Morgan fingerprint density at radius 3 is 2.58 bits per heavy atom. The fourth-order valence-electron chi connectivity index (χ4n) is 0.810. The second-order valence-corrected chi connectivity index (χ2v) is 3.49. The molecule has 2 nitrogen and oxygen atoms in total. The van der Waals surface area contributed by atoms with Crippen molar-refractivity contribution in [3.05, 3.63) is 29.0 Å². The summed E-state index contributed by atoms with van der Waals surface area (Å²) in [5, 5.41) is 9.26. The molecule has 1 rings (SSSR count). The zero-order valence-electron chi connectivity index (χ0n) is 7.00. The normalized spacial score (nSPS) is 10.8. The molecule has 0 aliphatic carbocycles. The lowest BCUT2D eigenvalue weighted by atomic mass is 9.88. The molecule has 0 aliphatic rings. The molecule has 0 saturated heterocycles. The van der Waals surface area contributed by atoms with Gasteiger partial charge < -0.3 is 0 Å². The zero-order chi connectivity index (χ0) is 9.19. The number of aromatic nitrogens is 1. The van der Waals surface area contributed by atoms with Gasteiger partial charge in [0.15, 0.2) is 0 Å². The third-order valence-electron chi connectivity index (χ3n) is 1.73. The van der Waals surface area contributed by atoms with Crippen LogP contribution in [0.25, 0.3) is 0 Å². The van der Waals surface area contributed by atoms with E-state index in [1.165, 1.54) is 0 Å². The first-order valence-corrected chi connectivity index (χ1v) is 3.97. The number of hydrogen-bond acceptors (Lipinski definition) is 2. The van der Waals surface area contributed by atoms with Crippen molar-refractivity contribution in [3.8, 4) is 6.07 Å². The second-order valence-electron chi connectivity index (χ2n) is 3.11. The third kappa shape index (κ3) is 1.75. The molecule has 1 aromatic heterocycles. The van der Waals surface area contributed by atoms with Gasteiger partial charge in [-0.2, -0.15) is 5.26 Å². The van der Waals surface area contributed by atoms with Crippen LogP contribution in [-0.2, 0) is 5.41 Å². The first-order valence-electron chi connectivity index (χ1n) is 3.59. The molecule has 0 amide bonds. The third-order valence-corrected chi connectivity index (χ3v) is 1.95. The van der Waals surface area contributed by atoms with Crippen LogP contribution in [0.4, 0.5) is 0 Å². The summed E-state index contributed by atoms with van der Waals surface area (Å²) >= 11 is 5.61. The predicted molar refractivity (Wildman–Crippen MR) is 47.9 cm³/mol. The van der Waals surface area contributed by atoms with Gasteiger partial charge >= 0.3 is 0 Å². The number of nitriles is 1. The molecule has 3 heteroatoms. The van der Waals surface area contributed by atoms with Gasteiger partial charge in [-0.25, -0.2) is 4.98 Å². The van der Waals surface area contributed by atoms with Gasteiger partial charge in [0, 0.05) is 6.20 Å². The Bertz CT molecular complexity index is 308. The van der Waals surface area contributed by atoms with Crippen LogP contribution in [0.2, 0.25) is 5.15 Å². The highest BCUT2D eigenvalue weighted by atomic mass is 35.5. The summed E-state index contributed by atoms with van der Waals surface area (Å²) in [4.78, 5) is 3.91. The second kappa shape index (κ2) is 3.12. The van der Waals surface area contributed by atoms with Crippen LogP contribution in [-0.4, -0.2) is 4.98 Å². The maximum absolute atomic E-state index is 8.81. The van der Waals surface area contributed by atoms with Crippen molar-refractivity contribution >= 4 is 11.6 Å². The van der Waals surface area contributed by atoms with E-state index in [1.807, 2.05) is 19.9 Å². The smallest absolute Gasteiger partial charge is 0.129 e. The molecule has 0 unspecified atom stereocenters. The van der Waals surface area contributed by atoms with Gasteiger partial charge in [-0.15, -0.1) is 0 Å². The van der Waals surface area contributed by atoms with E-state index in [1.54, 1.807) is 12.3 Å². The Labute approximate surface area is 76.8 Å². The SMILES string of the molecule is CC(C)(C#N)c1ccc(Cl)nc1. The van der Waals surface area contributed by atoms with Crippen LogP contribution >= 0.6 is 11.6 Å². The lowest BCUT2D eigenvalue weighted by Crippen LogP contribution is -2.13. The first kappa shape index (κ1) is 9.02. The van der Waals surface area contributed by atoms with Gasteiger partial charge in [0.2, 0.25) is 0 Å². The summed E-state index contributed by atoms with van der Waals surface area (Å²) in [5.41, 5.74) is 0.395. The summed E-state index contributed by atoms with van der Waals surface area (Å²) < 4.78 is 0. The van der Waals surface area contributed by atoms with E-state index < -0.39 is 5.41 Å². The number of pyridine rings is 1. The topological polar surface area (TPSA) is 36.7 Å². The number of nitrogens with zero attached hydrogens (tertiary/aromatic N) is 2. The van der Waals surface area contributed by atoms with Crippen LogP contribution in [0.15, 0.2) is 18.3 Å². The Balaban J connectivity index is 3.07. The van der Waals surface area contributed by atoms with Gasteiger partial charge in [0.05, 0.1) is 11.5 Å². The number of halogens is 1. The van der Waals surface area contributed by atoms with Crippen molar-refractivity contribution in [2.24, 2.45) is 0 Å². The van der Waals surface area contributed by atoms with Crippen LogP contribution < -0.4 is 0 Å². The van der Waals surface area contributed by atoms with Gasteiger partial charge in [-0.1, -0.05) is 17.7 Å². The average molecular weight is 181 g/mol. The summed E-state index contributed by atoms with van der Waals surface area (Å²) in [6, 6.07) is 5.70. The molecule has 12 heavy (non-hydrogen) atoms. The summed E-state index contributed by atoms with van der Waals surface area (Å²) in [6.45, 7) is 3.69. The van der Waals surface area contributed by atoms with E-state index in [0.717, 1.165) is 5.56 Å². The first-order chi connectivity index (χ1) is 5.56. The molecule has 0 spiro atoms. The minimum Gasteiger partial charge on any atom is -0.244 e. The van der Waals surface area contributed by atoms with E-state index in [2.05, 4.69) is 11.1 Å². The van der Waals surface area contributed by atoms with Crippen molar-refractivity contribution in [2.45, 2.75) is 19.3 Å². The lowest BCUT2D eigenvalue weighted by Gasteiger charge is -2.14. The van der Waals surface area contributed by atoms with Gasteiger partial charge in [0.25, 0.3) is 0 Å². The largest absolute Gasteiger partial charge is 0.244 e. The molecular formula is C9H9ClN2. The summed E-state index contributed by atoms with van der Waals surface area (Å²) in [7, 11) is 0. The number of rotatable bonds is 1. The van der Waals surface area contributed by atoms with Crippen molar-refractivity contribution in [3.63, 3.8) is 0 Å². The molecule has 0 atom stereocenters. The van der Waals surface area contributed by atoms with Crippen LogP contribution in [0.5, 0.6) is 0 Å². The molecule has 1 heterocycles. The van der Waals surface area contributed by atoms with Gasteiger partial charge in [-0.3, -0.25) is 0 Å². The zero-order valence-corrected chi connectivity index (χ0v) is 7.76. The predicted octanol–water partition coefficient (Wildman–Crippen LogP) is 2.54. The molecule has 62 valence electrons. The highest BCUT2D eigenvalue weighted by Crippen LogP contribution is 2.21.